The Bertz CT molecular complexity index is 1540. The van der Waals surface area contributed by atoms with Gasteiger partial charge in [0.1, 0.15) is 18.2 Å². The van der Waals surface area contributed by atoms with E-state index in [4.69, 9.17) is 27.9 Å². The van der Waals surface area contributed by atoms with Crippen LogP contribution in [0.5, 0.6) is 5.75 Å². The second kappa shape index (κ2) is 7.96. The van der Waals surface area contributed by atoms with Crippen LogP contribution >= 0.6 is 34.5 Å². The van der Waals surface area contributed by atoms with Crippen molar-refractivity contribution in [3.63, 3.8) is 0 Å². The van der Waals surface area contributed by atoms with Crippen molar-refractivity contribution in [2.75, 3.05) is 0 Å². The molecule has 31 heavy (non-hydrogen) atoms. The highest BCUT2D eigenvalue weighted by molar-refractivity contribution is 7.15. The molecule has 0 aliphatic carbocycles. The van der Waals surface area contributed by atoms with Crippen molar-refractivity contribution in [1.29, 1.82) is 0 Å². The van der Waals surface area contributed by atoms with E-state index in [-0.39, 0.29) is 18.0 Å². The molecular weight excluding hydrogens is 458 g/mol. The SMILES string of the molecule is O=c1c(=Cc2cc(Cl)cc(Cl)c2OCc2ccc(F)cc2)sc2nc3ccccc3n12. The van der Waals surface area contributed by atoms with Crippen LogP contribution in [0.2, 0.25) is 10.0 Å². The summed E-state index contributed by atoms with van der Waals surface area (Å²) in [5.74, 6) is 0.0752. The summed E-state index contributed by atoms with van der Waals surface area (Å²) in [6.45, 7) is 0.186. The number of aromatic nitrogens is 2. The summed E-state index contributed by atoms with van der Waals surface area (Å²) in [4.78, 5) is 18.2. The van der Waals surface area contributed by atoms with Gasteiger partial charge >= 0.3 is 0 Å². The van der Waals surface area contributed by atoms with Crippen LogP contribution in [0.4, 0.5) is 4.39 Å². The Balaban J connectivity index is 1.60. The van der Waals surface area contributed by atoms with Gasteiger partial charge in [-0.2, -0.15) is 0 Å². The van der Waals surface area contributed by atoms with Crippen molar-refractivity contribution in [2.45, 2.75) is 6.61 Å². The van der Waals surface area contributed by atoms with E-state index in [1.807, 2.05) is 24.3 Å². The summed E-state index contributed by atoms with van der Waals surface area (Å²) < 4.78 is 21.1. The van der Waals surface area contributed by atoms with Gasteiger partial charge in [0.2, 0.25) is 0 Å². The number of hydrogen-bond donors (Lipinski definition) is 0. The van der Waals surface area contributed by atoms with E-state index in [9.17, 15) is 9.18 Å². The molecule has 0 fully saturated rings. The number of fused-ring (bicyclic) bond motifs is 3. The van der Waals surface area contributed by atoms with Crippen molar-refractivity contribution in [1.82, 2.24) is 9.38 Å². The first-order chi connectivity index (χ1) is 15.0. The summed E-state index contributed by atoms with van der Waals surface area (Å²) in [5.41, 5.74) is 2.71. The first-order valence-corrected chi connectivity index (χ1v) is 10.8. The quantitative estimate of drug-likeness (QED) is 0.349. The molecule has 8 heteroatoms. The van der Waals surface area contributed by atoms with Crippen molar-refractivity contribution >= 4 is 56.6 Å². The lowest BCUT2D eigenvalue weighted by atomic mass is 10.2. The Morgan fingerprint density at radius 3 is 2.68 bits per heavy atom. The number of rotatable bonds is 4. The molecule has 0 spiro atoms. The zero-order valence-corrected chi connectivity index (χ0v) is 18.1. The second-order valence-electron chi connectivity index (χ2n) is 6.86. The van der Waals surface area contributed by atoms with Gasteiger partial charge in [0.25, 0.3) is 5.56 Å². The average Bonchev–Trinajstić information content (AvgIpc) is 3.25. The summed E-state index contributed by atoms with van der Waals surface area (Å²) in [6.07, 6.45) is 1.70. The highest BCUT2D eigenvalue weighted by Crippen LogP contribution is 2.33. The van der Waals surface area contributed by atoms with Gasteiger partial charge in [0.15, 0.2) is 4.96 Å². The molecule has 0 bridgehead atoms. The summed E-state index contributed by atoms with van der Waals surface area (Å²) in [7, 11) is 0. The van der Waals surface area contributed by atoms with Crippen LogP contribution in [-0.2, 0) is 6.61 Å². The third-order valence-electron chi connectivity index (χ3n) is 4.77. The zero-order valence-electron chi connectivity index (χ0n) is 15.8. The number of ether oxygens (including phenoxy) is 1. The fourth-order valence-corrected chi connectivity index (χ4v) is 4.87. The number of para-hydroxylation sites is 2. The van der Waals surface area contributed by atoms with Crippen LogP contribution < -0.4 is 14.8 Å². The Morgan fingerprint density at radius 2 is 1.87 bits per heavy atom. The van der Waals surface area contributed by atoms with Crippen molar-refractivity contribution in [3.8, 4) is 5.75 Å². The predicted octanol–water partition coefficient (Wildman–Crippen LogP) is 5.48. The molecule has 5 aromatic rings. The fraction of sp³-hybridized carbons (Fsp3) is 0.0435. The molecule has 5 rings (SSSR count). The maximum absolute atomic E-state index is 13.1. The minimum absolute atomic E-state index is 0.172. The van der Waals surface area contributed by atoms with E-state index in [1.165, 1.54) is 23.5 Å². The van der Waals surface area contributed by atoms with Gasteiger partial charge in [-0.05, 0) is 48.0 Å². The lowest BCUT2D eigenvalue weighted by Crippen LogP contribution is -2.22. The topological polar surface area (TPSA) is 43.6 Å². The first-order valence-electron chi connectivity index (χ1n) is 9.27. The van der Waals surface area contributed by atoms with Gasteiger partial charge in [-0.25, -0.2) is 13.8 Å². The number of imidazole rings is 1. The van der Waals surface area contributed by atoms with E-state index >= 15 is 0 Å². The maximum Gasteiger partial charge on any atom is 0.274 e. The fourth-order valence-electron chi connectivity index (χ4n) is 3.33. The van der Waals surface area contributed by atoms with E-state index in [1.54, 1.807) is 34.7 Å². The summed E-state index contributed by atoms with van der Waals surface area (Å²) >= 11 is 13.9. The summed E-state index contributed by atoms with van der Waals surface area (Å²) in [6, 6.07) is 16.8. The number of hydrogen-bond acceptors (Lipinski definition) is 4. The van der Waals surface area contributed by atoms with Crippen molar-refractivity contribution in [2.24, 2.45) is 0 Å². The Labute approximate surface area is 189 Å². The molecule has 2 aromatic heterocycles. The first kappa shape index (κ1) is 20.0. The van der Waals surface area contributed by atoms with E-state index in [0.29, 0.717) is 30.9 Å². The van der Waals surface area contributed by atoms with E-state index in [2.05, 4.69) is 4.98 Å². The standard InChI is InChI=1S/C23H13Cl2FN2O2S/c24-15-9-14(21(17(25)11-15)30-12-13-5-7-16(26)8-6-13)10-20-22(29)28-19-4-2-1-3-18(19)27-23(28)31-20/h1-11H,12H2. The molecule has 4 nitrogen and oxygen atoms in total. The van der Waals surface area contributed by atoms with Crippen LogP contribution in [0.15, 0.2) is 65.5 Å². The number of benzene rings is 3. The average molecular weight is 471 g/mol. The van der Waals surface area contributed by atoms with Crippen molar-refractivity contribution in [3.05, 3.63) is 103 Å². The van der Waals surface area contributed by atoms with Crippen LogP contribution in [0.1, 0.15) is 11.1 Å². The normalized spacial score (nSPS) is 12.2. The van der Waals surface area contributed by atoms with E-state index < -0.39 is 0 Å². The molecule has 0 saturated heterocycles. The van der Waals surface area contributed by atoms with Crippen molar-refractivity contribution < 1.29 is 9.13 Å². The van der Waals surface area contributed by atoms with Gasteiger partial charge in [-0.3, -0.25) is 4.79 Å². The molecule has 2 heterocycles. The van der Waals surface area contributed by atoms with E-state index in [0.717, 1.165) is 16.6 Å². The molecule has 3 aromatic carbocycles. The molecule has 0 aliphatic rings. The Morgan fingerprint density at radius 1 is 1.10 bits per heavy atom. The molecule has 0 aliphatic heterocycles. The zero-order chi connectivity index (χ0) is 21.5. The van der Waals surface area contributed by atoms with Crippen LogP contribution in [-0.4, -0.2) is 9.38 Å². The molecular formula is C23H13Cl2FN2O2S. The third-order valence-corrected chi connectivity index (χ3v) is 6.23. The highest BCUT2D eigenvalue weighted by Gasteiger charge is 2.14. The summed E-state index contributed by atoms with van der Waals surface area (Å²) in [5, 5.41) is 0.740. The molecule has 0 unspecified atom stereocenters. The molecule has 0 N–H and O–H groups in total. The molecule has 0 radical (unpaired) electrons. The Hall–Kier alpha value is -2.93. The maximum atomic E-state index is 13.1. The smallest absolute Gasteiger partial charge is 0.274 e. The van der Waals surface area contributed by atoms with Crippen LogP contribution in [0, 0.1) is 5.82 Å². The molecule has 154 valence electrons. The predicted molar refractivity (Wildman–Crippen MR) is 123 cm³/mol. The Kier molecular flexibility index (Phi) is 5.14. The van der Waals surface area contributed by atoms with Gasteiger partial charge in [0.05, 0.1) is 20.6 Å². The minimum atomic E-state index is -0.319. The molecule has 0 saturated carbocycles. The van der Waals surface area contributed by atoms with Gasteiger partial charge in [0, 0.05) is 10.6 Å². The van der Waals surface area contributed by atoms with Crippen LogP contribution in [0.25, 0.3) is 22.1 Å². The van der Waals surface area contributed by atoms with Gasteiger partial charge < -0.3 is 4.74 Å². The number of nitrogens with zero attached hydrogens (tertiary/aromatic N) is 2. The lowest BCUT2D eigenvalue weighted by molar-refractivity contribution is 0.305. The molecule has 0 atom stereocenters. The third kappa shape index (κ3) is 3.78. The molecule has 0 amide bonds. The monoisotopic (exact) mass is 470 g/mol. The number of halogens is 3. The van der Waals surface area contributed by atoms with Gasteiger partial charge in [-0.15, -0.1) is 0 Å². The van der Waals surface area contributed by atoms with Gasteiger partial charge in [-0.1, -0.05) is 58.8 Å². The number of thiazole rings is 1. The second-order valence-corrected chi connectivity index (χ2v) is 8.71. The minimum Gasteiger partial charge on any atom is -0.487 e. The largest absolute Gasteiger partial charge is 0.487 e. The lowest BCUT2D eigenvalue weighted by Gasteiger charge is -2.12. The van der Waals surface area contributed by atoms with Crippen LogP contribution in [0.3, 0.4) is 0 Å². The highest BCUT2D eigenvalue weighted by atomic mass is 35.5.